The number of unbranched alkanes of at least 4 members (excludes halogenated alkanes) is 1. The largest absolute Gasteiger partial charge is 0.478 e. The van der Waals surface area contributed by atoms with E-state index in [9.17, 15) is 19.5 Å². The van der Waals surface area contributed by atoms with Crippen LogP contribution < -0.4 is 5.01 Å². The number of carboxylic acid groups (broad SMARTS) is 1. The van der Waals surface area contributed by atoms with Gasteiger partial charge in [0.25, 0.3) is 5.91 Å². The zero-order valence-corrected chi connectivity index (χ0v) is 20.4. The third-order valence-corrected chi connectivity index (χ3v) is 5.84. The second-order valence-electron chi connectivity index (χ2n) is 8.10. The minimum Gasteiger partial charge on any atom is -0.478 e. The highest BCUT2D eigenvalue weighted by atomic mass is 35.5. The minimum atomic E-state index is -1.20. The van der Waals surface area contributed by atoms with Crippen LogP contribution in [-0.4, -0.2) is 35.3 Å². The summed E-state index contributed by atoms with van der Waals surface area (Å²) >= 11 is 5.94. The van der Waals surface area contributed by atoms with Crippen LogP contribution in [0.15, 0.2) is 69.7 Å². The molecule has 1 aliphatic heterocycles. The number of benzene rings is 2. The molecule has 0 atom stereocenters. The van der Waals surface area contributed by atoms with Gasteiger partial charge >= 0.3 is 11.9 Å². The molecule has 0 spiro atoms. The van der Waals surface area contributed by atoms with E-state index in [2.05, 4.69) is 5.10 Å². The lowest BCUT2D eigenvalue weighted by molar-refractivity contribution is -0.114. The second kappa shape index (κ2) is 10.6. The zero-order chi connectivity index (χ0) is 25.8. The summed E-state index contributed by atoms with van der Waals surface area (Å²) in [5.41, 5.74) is 2.02. The summed E-state index contributed by atoms with van der Waals surface area (Å²) in [5.74, 6) is -1.09. The maximum Gasteiger partial charge on any atom is 0.338 e. The molecule has 0 unspecified atom stereocenters. The number of esters is 1. The Morgan fingerprint density at radius 2 is 1.97 bits per heavy atom. The molecule has 3 aromatic rings. The van der Waals surface area contributed by atoms with Crippen molar-refractivity contribution in [2.75, 3.05) is 11.6 Å². The SMILES string of the molecule is CCCCOC(=O)c1cccc(-c2ccc(/C=C3\C(=O)N(c4ccc(Cl)c(C(=O)O)c4)N=C3C)o2)c1. The Labute approximate surface area is 212 Å². The lowest BCUT2D eigenvalue weighted by atomic mass is 10.1. The number of ether oxygens (including phenoxy) is 1. The molecule has 9 heteroatoms. The lowest BCUT2D eigenvalue weighted by Crippen LogP contribution is -2.21. The fraction of sp³-hybridized carbons (Fsp3) is 0.185. The number of halogens is 1. The number of hydrogen-bond donors (Lipinski definition) is 1. The first-order chi connectivity index (χ1) is 17.3. The van der Waals surface area contributed by atoms with Crippen LogP contribution in [-0.2, 0) is 9.53 Å². The highest BCUT2D eigenvalue weighted by Crippen LogP contribution is 2.30. The maximum atomic E-state index is 13.1. The van der Waals surface area contributed by atoms with E-state index < -0.39 is 17.8 Å². The van der Waals surface area contributed by atoms with Crippen LogP contribution in [0.1, 0.15) is 53.2 Å². The van der Waals surface area contributed by atoms with E-state index in [-0.39, 0.29) is 16.3 Å². The molecular formula is C27H23ClN2O6. The molecule has 2 aromatic carbocycles. The monoisotopic (exact) mass is 506 g/mol. The standard InChI is InChI=1S/C27H23ClN2O6/c1-3-4-12-35-27(34)18-7-5-6-17(13-18)24-11-9-20(36-24)15-21-16(2)29-30(25(21)31)19-8-10-23(28)22(14-19)26(32)33/h5-11,13-15H,3-4,12H2,1-2H3,(H,32,33)/b21-15-. The second-order valence-corrected chi connectivity index (χ2v) is 8.51. The third-order valence-electron chi connectivity index (χ3n) is 5.51. The molecule has 1 aromatic heterocycles. The Bertz CT molecular complexity index is 1400. The number of carbonyl (C=O) groups is 3. The Kier molecular flexibility index (Phi) is 7.36. The van der Waals surface area contributed by atoms with Gasteiger partial charge in [0, 0.05) is 5.56 Å². The summed E-state index contributed by atoms with van der Waals surface area (Å²) in [7, 11) is 0. The summed E-state index contributed by atoms with van der Waals surface area (Å²) in [4.78, 5) is 36.7. The number of rotatable bonds is 8. The van der Waals surface area contributed by atoms with Crippen LogP contribution in [0.4, 0.5) is 5.69 Å². The summed E-state index contributed by atoms with van der Waals surface area (Å²) in [5, 5.41) is 14.8. The average molecular weight is 507 g/mol. The number of aromatic carboxylic acids is 1. The van der Waals surface area contributed by atoms with Gasteiger partial charge in [-0.25, -0.2) is 9.59 Å². The van der Waals surface area contributed by atoms with Crippen molar-refractivity contribution >= 4 is 46.9 Å². The Balaban J connectivity index is 1.55. The van der Waals surface area contributed by atoms with Gasteiger partial charge in [-0.2, -0.15) is 10.1 Å². The Morgan fingerprint density at radius 1 is 1.17 bits per heavy atom. The number of hydrogen-bond acceptors (Lipinski definition) is 6. The predicted octanol–water partition coefficient (Wildman–Crippen LogP) is 6.06. The first kappa shape index (κ1) is 24.9. The molecule has 0 fully saturated rings. The summed E-state index contributed by atoms with van der Waals surface area (Å²) in [6.07, 6.45) is 3.31. The molecule has 36 heavy (non-hydrogen) atoms. The van der Waals surface area contributed by atoms with E-state index >= 15 is 0 Å². The molecule has 1 aliphatic rings. The molecule has 4 rings (SSSR count). The van der Waals surface area contributed by atoms with Crippen LogP contribution in [0.25, 0.3) is 17.4 Å². The van der Waals surface area contributed by atoms with E-state index in [4.69, 9.17) is 20.8 Å². The molecule has 1 amide bonds. The molecule has 0 saturated heterocycles. The van der Waals surface area contributed by atoms with Crippen molar-refractivity contribution < 1.29 is 28.6 Å². The smallest absolute Gasteiger partial charge is 0.338 e. The van der Waals surface area contributed by atoms with Crippen molar-refractivity contribution in [2.45, 2.75) is 26.7 Å². The van der Waals surface area contributed by atoms with Crippen molar-refractivity contribution in [3.05, 3.63) is 82.1 Å². The molecule has 8 nitrogen and oxygen atoms in total. The summed E-state index contributed by atoms with van der Waals surface area (Å²) in [6, 6.07) is 14.6. The fourth-order valence-corrected chi connectivity index (χ4v) is 3.79. The zero-order valence-electron chi connectivity index (χ0n) is 19.7. The third kappa shape index (κ3) is 5.23. The number of amides is 1. The first-order valence-corrected chi connectivity index (χ1v) is 11.7. The number of nitrogens with zero attached hydrogens (tertiary/aromatic N) is 2. The molecule has 0 aliphatic carbocycles. The Morgan fingerprint density at radius 3 is 2.72 bits per heavy atom. The van der Waals surface area contributed by atoms with Crippen molar-refractivity contribution in [2.24, 2.45) is 5.10 Å². The van der Waals surface area contributed by atoms with Crippen molar-refractivity contribution in [1.29, 1.82) is 0 Å². The van der Waals surface area contributed by atoms with Gasteiger partial charge in [-0.05, 0) is 61.9 Å². The highest BCUT2D eigenvalue weighted by Gasteiger charge is 2.30. The van der Waals surface area contributed by atoms with Crippen LogP contribution in [0.5, 0.6) is 0 Å². The lowest BCUT2D eigenvalue weighted by Gasteiger charge is -2.12. The number of hydrazone groups is 1. The van der Waals surface area contributed by atoms with E-state index in [0.29, 0.717) is 40.5 Å². The molecule has 2 heterocycles. The van der Waals surface area contributed by atoms with Gasteiger partial charge in [-0.15, -0.1) is 0 Å². The van der Waals surface area contributed by atoms with Crippen LogP contribution in [0.2, 0.25) is 5.02 Å². The van der Waals surface area contributed by atoms with Crippen molar-refractivity contribution in [3.8, 4) is 11.3 Å². The molecule has 0 saturated carbocycles. The van der Waals surface area contributed by atoms with Gasteiger partial charge in [0.05, 0.1) is 39.7 Å². The van der Waals surface area contributed by atoms with Crippen LogP contribution >= 0.6 is 11.6 Å². The summed E-state index contributed by atoms with van der Waals surface area (Å²) < 4.78 is 11.2. The van der Waals surface area contributed by atoms with Gasteiger partial charge in [-0.3, -0.25) is 4.79 Å². The topological polar surface area (TPSA) is 109 Å². The van der Waals surface area contributed by atoms with Gasteiger partial charge in [0.1, 0.15) is 11.5 Å². The molecular weight excluding hydrogens is 484 g/mol. The van der Waals surface area contributed by atoms with Gasteiger partial charge in [0.2, 0.25) is 0 Å². The molecule has 0 radical (unpaired) electrons. The normalized spacial score (nSPS) is 14.3. The molecule has 0 bridgehead atoms. The molecule has 184 valence electrons. The number of carboxylic acids is 1. The van der Waals surface area contributed by atoms with Crippen LogP contribution in [0, 0.1) is 0 Å². The number of furan rings is 1. The summed E-state index contributed by atoms with van der Waals surface area (Å²) in [6.45, 7) is 4.07. The van der Waals surface area contributed by atoms with E-state index in [0.717, 1.165) is 17.9 Å². The molecule has 1 N–H and O–H groups in total. The van der Waals surface area contributed by atoms with Gasteiger partial charge in [0.15, 0.2) is 0 Å². The van der Waals surface area contributed by atoms with E-state index in [1.54, 1.807) is 43.3 Å². The Hall–Kier alpha value is -4.17. The number of anilines is 1. The minimum absolute atomic E-state index is 0.0655. The average Bonchev–Trinajstić information content (AvgIpc) is 3.45. The van der Waals surface area contributed by atoms with Crippen molar-refractivity contribution in [3.63, 3.8) is 0 Å². The van der Waals surface area contributed by atoms with Gasteiger partial charge in [-0.1, -0.05) is 37.1 Å². The quantitative estimate of drug-likeness (QED) is 0.226. The fourth-order valence-electron chi connectivity index (χ4n) is 3.59. The maximum absolute atomic E-state index is 13.1. The van der Waals surface area contributed by atoms with E-state index in [1.807, 2.05) is 13.0 Å². The first-order valence-electron chi connectivity index (χ1n) is 11.3. The van der Waals surface area contributed by atoms with Crippen LogP contribution in [0.3, 0.4) is 0 Å². The number of carbonyl (C=O) groups excluding carboxylic acids is 2. The van der Waals surface area contributed by atoms with Gasteiger partial charge < -0.3 is 14.3 Å². The predicted molar refractivity (Wildman–Crippen MR) is 136 cm³/mol. The van der Waals surface area contributed by atoms with Crippen molar-refractivity contribution in [1.82, 2.24) is 0 Å². The highest BCUT2D eigenvalue weighted by molar-refractivity contribution is 6.34. The van der Waals surface area contributed by atoms with E-state index in [1.165, 1.54) is 18.2 Å².